The number of carbonyl (C=O) groups is 3. The zero-order chi connectivity index (χ0) is 24.6. The van der Waals surface area contributed by atoms with Crippen molar-refractivity contribution in [3.63, 3.8) is 0 Å². The predicted molar refractivity (Wildman–Crippen MR) is 125 cm³/mol. The number of ether oxygens (including phenoxy) is 1. The molecule has 2 amide bonds. The highest BCUT2D eigenvalue weighted by Gasteiger charge is 2.37. The number of sulfone groups is 1. The Morgan fingerprint density at radius 3 is 1.88 bits per heavy atom. The minimum absolute atomic E-state index is 0.0734. The van der Waals surface area contributed by atoms with Gasteiger partial charge in [0.25, 0.3) is 11.8 Å². The van der Waals surface area contributed by atoms with Crippen molar-refractivity contribution < 1.29 is 27.5 Å². The van der Waals surface area contributed by atoms with Gasteiger partial charge in [0.05, 0.1) is 12.0 Å². The second-order valence-corrected chi connectivity index (χ2v) is 9.38. The Morgan fingerprint density at radius 1 is 0.794 bits per heavy atom. The maximum Gasteiger partial charge on any atom is 0.328 e. The Bertz CT molecular complexity index is 1230. The van der Waals surface area contributed by atoms with Gasteiger partial charge in [0.15, 0.2) is 0 Å². The number of hydrogen-bond acceptors (Lipinski definition) is 6. The van der Waals surface area contributed by atoms with E-state index in [-0.39, 0.29) is 16.9 Å². The highest BCUT2D eigenvalue weighted by Crippen LogP contribution is 2.16. The van der Waals surface area contributed by atoms with E-state index < -0.39 is 39.0 Å². The quantitative estimate of drug-likeness (QED) is 0.453. The van der Waals surface area contributed by atoms with Gasteiger partial charge >= 0.3 is 5.97 Å². The predicted octanol–water partition coefficient (Wildman–Crippen LogP) is 2.12. The van der Waals surface area contributed by atoms with Crippen molar-refractivity contribution in [1.82, 2.24) is 10.6 Å². The van der Waals surface area contributed by atoms with Crippen molar-refractivity contribution in [1.29, 1.82) is 0 Å². The molecule has 176 valence electrons. The Kier molecular flexibility index (Phi) is 8.15. The van der Waals surface area contributed by atoms with Crippen LogP contribution in [0, 0.1) is 0 Å². The normalized spacial score (nSPS) is 12.7. The van der Waals surface area contributed by atoms with Gasteiger partial charge < -0.3 is 15.4 Å². The molecule has 2 atom stereocenters. The number of rotatable bonds is 9. The van der Waals surface area contributed by atoms with Crippen molar-refractivity contribution in [2.24, 2.45) is 0 Å². The zero-order valence-electron chi connectivity index (χ0n) is 18.4. The van der Waals surface area contributed by atoms with E-state index in [1.54, 1.807) is 54.6 Å². The molecule has 0 fully saturated rings. The molecule has 3 aromatic rings. The molecule has 0 radical (unpaired) electrons. The molecule has 3 rings (SSSR count). The third kappa shape index (κ3) is 6.08. The molecule has 0 aromatic heterocycles. The maximum atomic E-state index is 13.3. The van der Waals surface area contributed by atoms with E-state index in [0.717, 1.165) is 5.56 Å². The molecule has 0 bridgehead atoms. The summed E-state index contributed by atoms with van der Waals surface area (Å²) in [7, 11) is -3.18. The highest BCUT2D eigenvalue weighted by molar-refractivity contribution is 7.92. The third-order valence-corrected chi connectivity index (χ3v) is 6.88. The van der Waals surface area contributed by atoms with Crippen LogP contribution in [0.3, 0.4) is 0 Å². The summed E-state index contributed by atoms with van der Waals surface area (Å²) in [6, 6.07) is 22.9. The monoisotopic (exact) mass is 480 g/mol. The lowest BCUT2D eigenvalue weighted by Crippen LogP contribution is -2.55. The van der Waals surface area contributed by atoms with Gasteiger partial charge in [0.2, 0.25) is 15.2 Å². The van der Waals surface area contributed by atoms with E-state index in [9.17, 15) is 22.8 Å². The summed E-state index contributed by atoms with van der Waals surface area (Å²) in [6.07, 6.45) is 0.0734. The fourth-order valence-electron chi connectivity index (χ4n) is 3.25. The Balaban J connectivity index is 1.92. The largest absolute Gasteiger partial charge is 0.467 e. The minimum Gasteiger partial charge on any atom is -0.467 e. The number of benzene rings is 3. The SMILES string of the molecule is COC(=O)[C@H](Cc1ccccc1)NC(=O)[C@@H](NC(=O)c1ccccc1)S(=O)(=O)c1ccccc1. The number of nitrogens with one attached hydrogen (secondary N) is 2. The first-order chi connectivity index (χ1) is 16.3. The highest BCUT2D eigenvalue weighted by atomic mass is 32.2. The lowest BCUT2D eigenvalue weighted by atomic mass is 10.1. The van der Waals surface area contributed by atoms with Gasteiger partial charge in [-0.3, -0.25) is 9.59 Å². The van der Waals surface area contributed by atoms with Crippen LogP contribution in [0.15, 0.2) is 95.9 Å². The van der Waals surface area contributed by atoms with E-state index >= 15 is 0 Å². The molecule has 0 spiro atoms. The summed E-state index contributed by atoms with van der Waals surface area (Å²) in [5, 5.41) is 2.77. The zero-order valence-corrected chi connectivity index (χ0v) is 19.2. The number of methoxy groups -OCH3 is 1. The van der Waals surface area contributed by atoms with Gasteiger partial charge in [0, 0.05) is 12.0 Å². The summed E-state index contributed by atoms with van der Waals surface area (Å²) in [5.41, 5.74) is 0.909. The molecule has 9 heteroatoms. The molecule has 0 aliphatic rings. The van der Waals surface area contributed by atoms with E-state index in [2.05, 4.69) is 10.6 Å². The van der Waals surface area contributed by atoms with Crippen LogP contribution >= 0.6 is 0 Å². The van der Waals surface area contributed by atoms with Crippen molar-refractivity contribution in [2.45, 2.75) is 22.7 Å². The van der Waals surface area contributed by atoms with Gasteiger partial charge in [-0.1, -0.05) is 66.7 Å². The maximum absolute atomic E-state index is 13.3. The average molecular weight is 481 g/mol. The van der Waals surface area contributed by atoms with Crippen molar-refractivity contribution in [3.05, 3.63) is 102 Å². The summed E-state index contributed by atoms with van der Waals surface area (Å²) in [6.45, 7) is 0. The van der Waals surface area contributed by atoms with Crippen LogP contribution in [-0.4, -0.2) is 44.7 Å². The molecular weight excluding hydrogens is 456 g/mol. The molecular formula is C25H24N2O6S. The second-order valence-electron chi connectivity index (χ2n) is 7.35. The standard InChI is InChI=1S/C25H24N2O6S/c1-33-25(30)21(17-18-11-5-2-6-12-18)26-23(29)24(27-22(28)19-13-7-3-8-14-19)34(31,32)20-15-9-4-10-16-20/h2-16,21,24H,17H2,1H3,(H,26,29)(H,27,28)/t21-,24-/m0/s1. The summed E-state index contributed by atoms with van der Waals surface area (Å²) >= 11 is 0. The van der Waals surface area contributed by atoms with E-state index in [1.807, 2.05) is 0 Å². The van der Waals surface area contributed by atoms with Gasteiger partial charge in [-0.25, -0.2) is 13.2 Å². The number of esters is 1. The average Bonchev–Trinajstić information content (AvgIpc) is 2.87. The van der Waals surface area contributed by atoms with Crippen LogP contribution in [-0.2, 0) is 30.6 Å². The van der Waals surface area contributed by atoms with Gasteiger partial charge in [-0.2, -0.15) is 0 Å². The first-order valence-corrected chi connectivity index (χ1v) is 11.9. The first kappa shape index (κ1) is 24.7. The van der Waals surface area contributed by atoms with Crippen LogP contribution in [0.4, 0.5) is 0 Å². The van der Waals surface area contributed by atoms with Crippen molar-refractivity contribution >= 4 is 27.6 Å². The second kappa shape index (κ2) is 11.2. The van der Waals surface area contributed by atoms with Crippen LogP contribution in [0.2, 0.25) is 0 Å². The fourth-order valence-corrected chi connectivity index (χ4v) is 4.68. The lowest BCUT2D eigenvalue weighted by molar-refractivity contribution is -0.145. The van der Waals surface area contributed by atoms with Crippen LogP contribution in [0.25, 0.3) is 0 Å². The molecule has 3 aromatic carbocycles. The molecule has 2 N–H and O–H groups in total. The van der Waals surface area contributed by atoms with Crippen molar-refractivity contribution in [2.75, 3.05) is 7.11 Å². The fraction of sp³-hybridized carbons (Fsp3) is 0.160. The van der Waals surface area contributed by atoms with Gasteiger partial charge in [-0.05, 0) is 29.8 Å². The molecule has 0 saturated heterocycles. The molecule has 8 nitrogen and oxygen atoms in total. The lowest BCUT2D eigenvalue weighted by Gasteiger charge is -2.22. The van der Waals surface area contributed by atoms with Gasteiger partial charge in [-0.15, -0.1) is 0 Å². The van der Waals surface area contributed by atoms with Crippen LogP contribution < -0.4 is 10.6 Å². The molecule has 34 heavy (non-hydrogen) atoms. The van der Waals surface area contributed by atoms with E-state index in [4.69, 9.17) is 4.74 Å². The Morgan fingerprint density at radius 2 is 1.32 bits per heavy atom. The molecule has 0 unspecified atom stereocenters. The van der Waals surface area contributed by atoms with Crippen molar-refractivity contribution in [3.8, 4) is 0 Å². The first-order valence-electron chi connectivity index (χ1n) is 10.4. The van der Waals surface area contributed by atoms with Crippen LogP contribution in [0.1, 0.15) is 15.9 Å². The number of hydrogen-bond donors (Lipinski definition) is 2. The van der Waals surface area contributed by atoms with Gasteiger partial charge in [0.1, 0.15) is 6.04 Å². The minimum atomic E-state index is -4.35. The summed E-state index contributed by atoms with van der Waals surface area (Å²) < 4.78 is 31.5. The van der Waals surface area contributed by atoms with E-state index in [0.29, 0.717) is 0 Å². The summed E-state index contributed by atoms with van der Waals surface area (Å²) in [5.74, 6) is -2.56. The summed E-state index contributed by atoms with van der Waals surface area (Å²) in [4.78, 5) is 38.2. The smallest absolute Gasteiger partial charge is 0.328 e. The number of carbonyl (C=O) groups excluding carboxylic acids is 3. The molecule has 0 saturated carbocycles. The topological polar surface area (TPSA) is 119 Å². The molecule has 0 heterocycles. The number of amides is 2. The Hall–Kier alpha value is -3.98. The third-order valence-electron chi connectivity index (χ3n) is 5.00. The Labute approximate surface area is 197 Å². The van der Waals surface area contributed by atoms with E-state index in [1.165, 1.54) is 43.5 Å². The van der Waals surface area contributed by atoms with Crippen LogP contribution in [0.5, 0.6) is 0 Å². The molecule has 0 aliphatic heterocycles. The molecule has 0 aliphatic carbocycles.